The van der Waals surface area contributed by atoms with Gasteiger partial charge in [-0.3, -0.25) is 4.79 Å². The van der Waals surface area contributed by atoms with Crippen LogP contribution in [0, 0.1) is 0 Å². The smallest absolute Gasteiger partial charge is 0.420 e. The van der Waals surface area contributed by atoms with E-state index in [1.807, 2.05) is 60.7 Å². The van der Waals surface area contributed by atoms with Gasteiger partial charge in [-0.2, -0.15) is 4.31 Å². The Morgan fingerprint density at radius 1 is 0.900 bits per heavy atom. The van der Waals surface area contributed by atoms with Crippen LogP contribution in [0.4, 0.5) is 16.2 Å². The van der Waals surface area contributed by atoms with Crippen LogP contribution >= 0.6 is 0 Å². The van der Waals surface area contributed by atoms with Gasteiger partial charge in [-0.25, -0.2) is 18.1 Å². The minimum Gasteiger partial charge on any atom is -0.452 e. The lowest BCUT2D eigenvalue weighted by molar-refractivity contribution is -0.119. The van der Waals surface area contributed by atoms with Crippen molar-refractivity contribution in [3.63, 3.8) is 0 Å². The first-order valence-electron chi connectivity index (χ1n) is 15.9. The Hall–Kier alpha value is -5.34. The molecule has 0 unspecified atom stereocenters. The Labute approximate surface area is 290 Å². The maximum absolute atomic E-state index is 14.3. The SMILES string of the molecule is COC(=O)N(C(=O)[C@@H](N)C(c1ccccc1)c1ccccc1)c1ccccc1CC[C@@H](CO)N(Cc1cnoc1)S(=O)(=O)c1ccc(N)cc1. The number of ether oxygens (including phenoxy) is 1. The lowest BCUT2D eigenvalue weighted by Gasteiger charge is -2.31. The number of aromatic nitrogens is 1. The number of nitrogens with two attached hydrogens (primary N) is 2. The fraction of sp³-hybridized carbons (Fsp3) is 0.216. The summed E-state index contributed by atoms with van der Waals surface area (Å²) in [6.45, 7) is -0.660. The minimum absolute atomic E-state index is 0.00941. The normalized spacial score (nSPS) is 12.8. The van der Waals surface area contributed by atoms with Gasteiger partial charge in [0.05, 0.1) is 36.5 Å². The first-order chi connectivity index (χ1) is 24.1. The number of hydrogen-bond acceptors (Lipinski definition) is 10. The Balaban J connectivity index is 1.47. The van der Waals surface area contributed by atoms with Gasteiger partial charge in [-0.1, -0.05) is 84.0 Å². The maximum Gasteiger partial charge on any atom is 0.420 e. The number of aliphatic hydroxyl groups excluding tert-OH is 1. The van der Waals surface area contributed by atoms with Crippen molar-refractivity contribution in [2.75, 3.05) is 24.4 Å². The summed E-state index contributed by atoms with van der Waals surface area (Å²) in [5, 5.41) is 14.3. The van der Waals surface area contributed by atoms with E-state index in [-0.39, 0.29) is 30.0 Å². The summed E-state index contributed by atoms with van der Waals surface area (Å²) in [5.41, 5.74) is 15.8. The molecule has 0 saturated heterocycles. The third-order valence-corrected chi connectivity index (χ3v) is 10.4. The zero-order valence-electron chi connectivity index (χ0n) is 27.4. The molecule has 260 valence electrons. The van der Waals surface area contributed by atoms with Crippen molar-refractivity contribution in [2.45, 2.75) is 42.3 Å². The molecule has 12 nitrogen and oxygen atoms in total. The average molecular weight is 698 g/mol. The molecule has 1 aromatic heterocycles. The zero-order chi connectivity index (χ0) is 35.7. The predicted molar refractivity (Wildman–Crippen MR) is 188 cm³/mol. The number of anilines is 2. The summed E-state index contributed by atoms with van der Waals surface area (Å²) in [6, 6.07) is 29.0. The number of nitrogens with zero attached hydrogens (tertiary/aromatic N) is 3. The van der Waals surface area contributed by atoms with Gasteiger partial charge < -0.3 is 25.8 Å². The Bertz CT molecular complexity index is 1920. The first kappa shape index (κ1) is 36.0. The van der Waals surface area contributed by atoms with Crippen LogP contribution in [0.5, 0.6) is 0 Å². The van der Waals surface area contributed by atoms with E-state index in [0.717, 1.165) is 16.0 Å². The number of aliphatic hydroxyl groups is 1. The van der Waals surface area contributed by atoms with Crippen molar-refractivity contribution >= 4 is 33.4 Å². The fourth-order valence-electron chi connectivity index (χ4n) is 5.88. The number of imide groups is 1. The van der Waals surface area contributed by atoms with Gasteiger partial charge in [0, 0.05) is 29.8 Å². The molecule has 50 heavy (non-hydrogen) atoms. The number of hydrogen-bond donors (Lipinski definition) is 3. The van der Waals surface area contributed by atoms with Crippen molar-refractivity contribution in [2.24, 2.45) is 5.73 Å². The molecule has 0 aliphatic carbocycles. The summed E-state index contributed by atoms with van der Waals surface area (Å²) in [4.78, 5) is 28.6. The molecule has 0 bridgehead atoms. The summed E-state index contributed by atoms with van der Waals surface area (Å²) < 4.78 is 39.1. The van der Waals surface area contributed by atoms with Gasteiger partial charge in [0.25, 0.3) is 5.91 Å². The molecule has 4 aromatic carbocycles. The van der Waals surface area contributed by atoms with Crippen LogP contribution in [0.2, 0.25) is 0 Å². The molecule has 0 saturated carbocycles. The van der Waals surface area contributed by atoms with Crippen molar-refractivity contribution in [3.8, 4) is 0 Å². The lowest BCUT2D eigenvalue weighted by Crippen LogP contribution is -2.50. The predicted octanol–water partition coefficient (Wildman–Crippen LogP) is 4.70. The number of para-hydroxylation sites is 1. The molecule has 0 radical (unpaired) electrons. The van der Waals surface area contributed by atoms with Gasteiger partial charge in [-0.05, 0) is 59.9 Å². The second-order valence-corrected chi connectivity index (χ2v) is 13.5. The number of amides is 2. The fourth-order valence-corrected chi connectivity index (χ4v) is 7.51. The van der Waals surface area contributed by atoms with Crippen molar-refractivity contribution in [1.82, 2.24) is 9.46 Å². The van der Waals surface area contributed by atoms with Gasteiger partial charge in [-0.15, -0.1) is 0 Å². The second-order valence-electron chi connectivity index (χ2n) is 11.6. The molecule has 0 aliphatic heterocycles. The molecule has 5 rings (SSSR count). The van der Waals surface area contributed by atoms with Gasteiger partial charge in [0.15, 0.2) is 0 Å². The highest BCUT2D eigenvalue weighted by Gasteiger charge is 2.37. The summed E-state index contributed by atoms with van der Waals surface area (Å²) >= 11 is 0. The number of benzene rings is 4. The van der Waals surface area contributed by atoms with Crippen LogP contribution in [0.1, 0.15) is 34.6 Å². The number of methoxy groups -OCH3 is 1. The standard InChI is InChI=1S/C37H39N5O7S/c1-48-37(45)42(36(44)35(39)34(28-11-4-2-5-12-28)29-13-6-3-7-14-29)33-15-9-8-10-27(33)16-19-31(24-43)41(23-26-22-40-49-25-26)50(46,47)32-20-17-30(38)18-21-32/h2-15,17-18,20-22,25,31,34-35,43H,16,19,23-24,38-39H2,1H3/t31-,35-/m0/s1. The Kier molecular flexibility index (Phi) is 11.8. The monoisotopic (exact) mass is 697 g/mol. The molecule has 5 N–H and O–H groups in total. The van der Waals surface area contributed by atoms with E-state index in [4.69, 9.17) is 20.7 Å². The number of carbonyl (C=O) groups is 2. The maximum atomic E-state index is 14.3. The van der Waals surface area contributed by atoms with E-state index in [1.54, 1.807) is 24.3 Å². The summed E-state index contributed by atoms with van der Waals surface area (Å²) in [7, 11) is -2.97. The van der Waals surface area contributed by atoms with Crippen LogP contribution < -0.4 is 16.4 Å². The zero-order valence-corrected chi connectivity index (χ0v) is 28.2. The van der Waals surface area contributed by atoms with Crippen LogP contribution in [0.15, 0.2) is 131 Å². The molecule has 0 fully saturated rings. The molecule has 0 aliphatic rings. The van der Waals surface area contributed by atoms with Crippen LogP contribution in [0.3, 0.4) is 0 Å². The summed E-state index contributed by atoms with van der Waals surface area (Å²) in [5.74, 6) is -1.28. The van der Waals surface area contributed by atoms with E-state index in [1.165, 1.54) is 48.1 Å². The third-order valence-electron chi connectivity index (χ3n) is 8.45. The largest absolute Gasteiger partial charge is 0.452 e. The molecule has 2 atom stereocenters. The molecular formula is C37H39N5O7S. The van der Waals surface area contributed by atoms with E-state index < -0.39 is 46.6 Å². The highest BCUT2D eigenvalue weighted by molar-refractivity contribution is 7.89. The number of sulfonamides is 1. The van der Waals surface area contributed by atoms with Gasteiger partial charge in [0.1, 0.15) is 6.26 Å². The topological polar surface area (TPSA) is 182 Å². The number of rotatable bonds is 14. The van der Waals surface area contributed by atoms with E-state index in [2.05, 4.69) is 5.16 Å². The van der Waals surface area contributed by atoms with Crippen LogP contribution in [-0.2, 0) is 32.5 Å². The summed E-state index contributed by atoms with van der Waals surface area (Å²) in [6.07, 6.45) is 2.07. The van der Waals surface area contributed by atoms with Crippen molar-refractivity contribution in [3.05, 3.63) is 144 Å². The molecular weight excluding hydrogens is 659 g/mol. The Morgan fingerprint density at radius 2 is 1.50 bits per heavy atom. The van der Waals surface area contributed by atoms with Crippen LogP contribution in [0.25, 0.3) is 0 Å². The first-order valence-corrected chi connectivity index (χ1v) is 17.3. The highest BCUT2D eigenvalue weighted by Crippen LogP contribution is 2.32. The quantitative estimate of drug-likeness (QED) is 0.138. The molecule has 13 heteroatoms. The average Bonchev–Trinajstić information content (AvgIpc) is 3.66. The highest BCUT2D eigenvalue weighted by atomic mass is 32.2. The molecule has 2 amide bonds. The van der Waals surface area contributed by atoms with Crippen molar-refractivity contribution in [1.29, 1.82) is 0 Å². The third kappa shape index (κ3) is 8.09. The molecule has 5 aromatic rings. The van der Waals surface area contributed by atoms with E-state index in [0.29, 0.717) is 16.8 Å². The number of aryl methyl sites for hydroxylation is 1. The van der Waals surface area contributed by atoms with E-state index >= 15 is 0 Å². The molecule has 1 heterocycles. The minimum atomic E-state index is -4.15. The van der Waals surface area contributed by atoms with Gasteiger partial charge in [0.2, 0.25) is 10.0 Å². The van der Waals surface area contributed by atoms with Gasteiger partial charge >= 0.3 is 6.09 Å². The number of nitrogen functional groups attached to an aromatic ring is 1. The number of carbonyl (C=O) groups excluding carboxylic acids is 2. The Morgan fingerprint density at radius 3 is 2.06 bits per heavy atom. The second kappa shape index (κ2) is 16.4. The van der Waals surface area contributed by atoms with E-state index in [9.17, 15) is 23.1 Å². The molecule has 0 spiro atoms. The van der Waals surface area contributed by atoms with Crippen molar-refractivity contribution < 1.29 is 32.4 Å². The van der Waals surface area contributed by atoms with Crippen LogP contribution in [-0.4, -0.2) is 60.8 Å². The lowest BCUT2D eigenvalue weighted by atomic mass is 9.84.